The molecule has 0 spiro atoms. The summed E-state index contributed by atoms with van der Waals surface area (Å²) in [5.74, 6) is -2.17. The summed E-state index contributed by atoms with van der Waals surface area (Å²) in [6.07, 6.45) is -4.22. The predicted molar refractivity (Wildman–Crippen MR) is 123 cm³/mol. The van der Waals surface area contributed by atoms with E-state index < -0.39 is 31.2 Å². The summed E-state index contributed by atoms with van der Waals surface area (Å²) in [4.78, 5) is 13.4. The molecule has 1 fully saturated rings. The van der Waals surface area contributed by atoms with Crippen molar-refractivity contribution in [2.75, 3.05) is 13.2 Å². The standard InChI is InChI=1S/C25H25F3NO5P/c1-16-21(24(30)32-15-18-9-4-3-5-10-18)22(19-11-6-7-12-20(19)25(26,27)28)23(17(2)29-16)35(31)33-13-8-14-34-35/h3-7,9-12,22,29H,8,13-15H2,1-2H3. The molecule has 2 aromatic carbocycles. The summed E-state index contributed by atoms with van der Waals surface area (Å²) in [5.41, 5.74) is 0.0843. The Bertz CT molecular complexity index is 1210. The number of rotatable bonds is 5. The number of hydrogen-bond donors (Lipinski definition) is 1. The summed E-state index contributed by atoms with van der Waals surface area (Å²) in [6.45, 7) is 3.32. The highest BCUT2D eigenvalue weighted by Gasteiger charge is 2.48. The van der Waals surface area contributed by atoms with Crippen LogP contribution in [-0.2, 0) is 35.9 Å². The van der Waals surface area contributed by atoms with Crippen molar-refractivity contribution in [2.45, 2.75) is 39.0 Å². The Morgan fingerprint density at radius 2 is 1.66 bits per heavy atom. The van der Waals surface area contributed by atoms with E-state index >= 15 is 0 Å². The monoisotopic (exact) mass is 507 g/mol. The van der Waals surface area contributed by atoms with Crippen molar-refractivity contribution in [3.8, 4) is 0 Å². The molecule has 2 heterocycles. The third-order valence-electron chi connectivity index (χ3n) is 5.84. The van der Waals surface area contributed by atoms with Gasteiger partial charge in [0.25, 0.3) is 0 Å². The minimum absolute atomic E-state index is 0.0221. The fraction of sp³-hybridized carbons (Fsp3) is 0.320. The second kappa shape index (κ2) is 10.0. The zero-order chi connectivity index (χ0) is 25.2. The first-order chi connectivity index (χ1) is 16.6. The molecule has 2 aliphatic heterocycles. The van der Waals surface area contributed by atoms with Crippen molar-refractivity contribution in [1.29, 1.82) is 0 Å². The van der Waals surface area contributed by atoms with Gasteiger partial charge in [-0.3, -0.25) is 4.57 Å². The first-order valence-corrected chi connectivity index (χ1v) is 12.6. The number of benzene rings is 2. The fourth-order valence-electron chi connectivity index (χ4n) is 4.33. The van der Waals surface area contributed by atoms with Crippen LogP contribution in [0.1, 0.15) is 42.9 Å². The third kappa shape index (κ3) is 5.22. The second-order valence-corrected chi connectivity index (χ2v) is 10.3. The van der Waals surface area contributed by atoms with Gasteiger partial charge in [0.1, 0.15) is 6.61 Å². The largest absolute Gasteiger partial charge is 0.457 e. The molecular weight excluding hydrogens is 482 g/mol. The van der Waals surface area contributed by atoms with Crippen LogP contribution in [0.2, 0.25) is 0 Å². The zero-order valence-electron chi connectivity index (χ0n) is 19.2. The highest BCUT2D eigenvalue weighted by molar-refractivity contribution is 7.58. The number of ether oxygens (including phenoxy) is 1. The summed E-state index contributed by atoms with van der Waals surface area (Å²) in [5, 5.41) is 2.96. The van der Waals surface area contributed by atoms with Gasteiger partial charge in [0, 0.05) is 11.4 Å². The van der Waals surface area contributed by atoms with Crippen LogP contribution < -0.4 is 5.32 Å². The molecule has 2 aliphatic rings. The second-order valence-electron chi connectivity index (χ2n) is 8.27. The molecule has 0 saturated carbocycles. The van der Waals surface area contributed by atoms with E-state index in [9.17, 15) is 22.5 Å². The molecule has 0 aliphatic carbocycles. The van der Waals surface area contributed by atoms with Gasteiger partial charge < -0.3 is 19.1 Å². The normalized spacial score (nSPS) is 20.4. The molecule has 1 saturated heterocycles. The van der Waals surface area contributed by atoms with E-state index in [2.05, 4.69) is 5.32 Å². The maximum atomic E-state index is 14.1. The SMILES string of the molecule is CC1=C(C(=O)OCc2ccccc2)C(c2ccccc2C(F)(F)F)C(P2(=O)OCCCO2)=C(C)N1. The first-order valence-electron chi connectivity index (χ1n) is 11.1. The topological polar surface area (TPSA) is 73.9 Å². The Labute approximate surface area is 201 Å². The Morgan fingerprint density at radius 3 is 2.31 bits per heavy atom. The Hall–Kier alpha value is -2.87. The average molecular weight is 507 g/mol. The fourth-order valence-corrected chi connectivity index (χ4v) is 6.47. The molecule has 186 valence electrons. The van der Waals surface area contributed by atoms with Gasteiger partial charge in [-0.1, -0.05) is 48.5 Å². The van der Waals surface area contributed by atoms with Crippen LogP contribution in [0.4, 0.5) is 13.2 Å². The van der Waals surface area contributed by atoms with Crippen LogP contribution in [0.3, 0.4) is 0 Å². The van der Waals surface area contributed by atoms with Crippen LogP contribution >= 0.6 is 7.60 Å². The van der Waals surface area contributed by atoms with Crippen molar-refractivity contribution >= 4 is 13.6 Å². The number of carbonyl (C=O) groups excluding carboxylic acids is 1. The first kappa shape index (κ1) is 25.2. The minimum Gasteiger partial charge on any atom is -0.457 e. The molecule has 1 N–H and O–H groups in total. The van der Waals surface area contributed by atoms with Gasteiger partial charge in [-0.2, -0.15) is 13.2 Å². The van der Waals surface area contributed by atoms with Crippen molar-refractivity contribution in [3.63, 3.8) is 0 Å². The van der Waals surface area contributed by atoms with Crippen LogP contribution in [0, 0.1) is 0 Å². The van der Waals surface area contributed by atoms with Crippen LogP contribution in [-0.4, -0.2) is 19.2 Å². The molecular formula is C25H25F3NO5P. The van der Waals surface area contributed by atoms with Crippen molar-refractivity contribution < 1.29 is 36.3 Å². The van der Waals surface area contributed by atoms with Gasteiger partial charge in [-0.05, 0) is 37.5 Å². The number of carbonyl (C=O) groups is 1. The number of esters is 1. The lowest BCUT2D eigenvalue weighted by molar-refractivity contribution is -0.141. The number of allylic oxidation sites excluding steroid dienone is 3. The average Bonchev–Trinajstić information content (AvgIpc) is 2.82. The minimum atomic E-state index is -4.71. The molecule has 1 atom stereocenters. The molecule has 2 aromatic rings. The number of dihydropyridines is 1. The van der Waals surface area contributed by atoms with E-state index in [1.54, 1.807) is 38.1 Å². The molecule has 0 radical (unpaired) electrons. The van der Waals surface area contributed by atoms with Gasteiger partial charge in [0.05, 0.1) is 35.6 Å². The summed E-state index contributed by atoms with van der Waals surface area (Å²) < 4.78 is 72.5. The van der Waals surface area contributed by atoms with E-state index in [0.717, 1.165) is 6.07 Å². The maximum Gasteiger partial charge on any atom is 0.416 e. The van der Waals surface area contributed by atoms with Crippen LogP contribution in [0.15, 0.2) is 76.9 Å². The summed E-state index contributed by atoms with van der Waals surface area (Å²) >= 11 is 0. The predicted octanol–water partition coefficient (Wildman–Crippen LogP) is 6.27. The summed E-state index contributed by atoms with van der Waals surface area (Å²) in [7, 11) is -4.01. The molecule has 1 unspecified atom stereocenters. The highest BCUT2D eigenvalue weighted by atomic mass is 31.2. The van der Waals surface area contributed by atoms with Gasteiger partial charge in [-0.25, -0.2) is 4.79 Å². The van der Waals surface area contributed by atoms with Gasteiger partial charge in [0.2, 0.25) is 0 Å². The van der Waals surface area contributed by atoms with Gasteiger partial charge >= 0.3 is 19.7 Å². The number of alkyl halides is 3. The molecule has 35 heavy (non-hydrogen) atoms. The van der Waals surface area contributed by atoms with E-state index in [1.165, 1.54) is 18.2 Å². The van der Waals surface area contributed by atoms with Crippen LogP contribution in [0.5, 0.6) is 0 Å². The van der Waals surface area contributed by atoms with Gasteiger partial charge in [-0.15, -0.1) is 0 Å². The van der Waals surface area contributed by atoms with E-state index in [4.69, 9.17) is 13.8 Å². The Morgan fingerprint density at radius 1 is 1.03 bits per heavy atom. The zero-order valence-corrected chi connectivity index (χ0v) is 20.1. The Kier molecular flexibility index (Phi) is 7.22. The van der Waals surface area contributed by atoms with Crippen molar-refractivity contribution in [1.82, 2.24) is 5.32 Å². The summed E-state index contributed by atoms with van der Waals surface area (Å²) in [6, 6.07) is 13.8. The smallest absolute Gasteiger partial charge is 0.416 e. The van der Waals surface area contributed by atoms with E-state index in [0.29, 0.717) is 23.4 Å². The molecule has 0 bridgehead atoms. The number of nitrogens with one attached hydrogen (secondary N) is 1. The third-order valence-corrected chi connectivity index (χ3v) is 8.07. The molecule has 0 aromatic heterocycles. The van der Waals surface area contributed by atoms with E-state index in [-0.39, 0.29) is 36.3 Å². The quantitative estimate of drug-likeness (QED) is 0.380. The lowest BCUT2D eigenvalue weighted by Gasteiger charge is -2.36. The highest BCUT2D eigenvalue weighted by Crippen LogP contribution is 2.65. The van der Waals surface area contributed by atoms with Crippen molar-refractivity contribution in [2.24, 2.45) is 0 Å². The maximum absolute atomic E-state index is 14.1. The lowest BCUT2D eigenvalue weighted by Crippen LogP contribution is -2.31. The molecule has 0 amide bonds. The van der Waals surface area contributed by atoms with Gasteiger partial charge in [0.15, 0.2) is 0 Å². The molecule has 4 rings (SSSR count). The number of hydrogen-bond acceptors (Lipinski definition) is 6. The molecule has 10 heteroatoms. The lowest BCUT2D eigenvalue weighted by atomic mass is 9.84. The van der Waals surface area contributed by atoms with E-state index in [1.807, 2.05) is 6.07 Å². The Balaban J connectivity index is 1.84. The molecule has 6 nitrogen and oxygen atoms in total. The van der Waals surface area contributed by atoms with Crippen LogP contribution in [0.25, 0.3) is 0 Å². The number of halogens is 3. The van der Waals surface area contributed by atoms with Crippen molar-refractivity contribution in [3.05, 3.63) is 93.6 Å².